The summed E-state index contributed by atoms with van der Waals surface area (Å²) in [5.74, 6) is 0.207. The van der Waals surface area contributed by atoms with E-state index in [0.717, 1.165) is 29.0 Å². The van der Waals surface area contributed by atoms with Gasteiger partial charge in [0.05, 0.1) is 20.3 Å². The number of nitrogens with one attached hydrogen (secondary N) is 1. The Morgan fingerprint density at radius 3 is 2.42 bits per heavy atom. The van der Waals surface area contributed by atoms with E-state index in [1.165, 1.54) is 4.90 Å². The van der Waals surface area contributed by atoms with Gasteiger partial charge < -0.3 is 19.3 Å². The van der Waals surface area contributed by atoms with Crippen molar-refractivity contribution in [2.75, 3.05) is 50.2 Å². The molecule has 0 bridgehead atoms. The molecule has 3 aromatic rings. The minimum Gasteiger partial charge on any atom is -0.493 e. The summed E-state index contributed by atoms with van der Waals surface area (Å²) in [5.41, 5.74) is 2.46. The third-order valence-electron chi connectivity index (χ3n) is 8.41. The summed E-state index contributed by atoms with van der Waals surface area (Å²) >= 11 is 0. The van der Waals surface area contributed by atoms with Crippen LogP contribution >= 0.6 is 0 Å². The Labute approximate surface area is 233 Å². The molecule has 9 heteroatoms. The lowest BCUT2D eigenvalue weighted by Crippen LogP contribution is -2.75. The zero-order chi connectivity index (χ0) is 27.9. The zero-order valence-corrected chi connectivity index (χ0v) is 22.6. The predicted molar refractivity (Wildman–Crippen MR) is 151 cm³/mol. The van der Waals surface area contributed by atoms with Gasteiger partial charge in [-0.2, -0.15) is 0 Å². The van der Waals surface area contributed by atoms with Crippen LogP contribution in [-0.4, -0.2) is 69.2 Å². The second-order valence-electron chi connectivity index (χ2n) is 10.4. The fourth-order valence-corrected chi connectivity index (χ4v) is 6.36. The number of nitrogens with zero attached hydrogens (tertiary/aromatic N) is 3. The number of fused-ring (bicyclic) bond motifs is 4. The van der Waals surface area contributed by atoms with Gasteiger partial charge in [0.25, 0.3) is 0 Å². The SMILES string of the molecule is COc1ccc(CCN2C(=O)NC(=O)C3(Cc4ccccc4N4CCN(c5ccccc5)CC43)C2=O)cc1OC. The van der Waals surface area contributed by atoms with Crippen molar-refractivity contribution in [2.45, 2.75) is 18.9 Å². The van der Waals surface area contributed by atoms with Crippen LogP contribution in [-0.2, 0) is 22.4 Å². The minimum absolute atomic E-state index is 0.131. The quantitative estimate of drug-likeness (QED) is 0.480. The van der Waals surface area contributed by atoms with E-state index < -0.39 is 29.3 Å². The number of carbonyl (C=O) groups excluding carboxylic acids is 3. The minimum atomic E-state index is -1.44. The molecule has 1 N–H and O–H groups in total. The van der Waals surface area contributed by atoms with Crippen LogP contribution in [0.5, 0.6) is 11.5 Å². The molecule has 2 unspecified atom stereocenters. The topological polar surface area (TPSA) is 91.4 Å². The highest BCUT2D eigenvalue weighted by molar-refractivity contribution is 6.20. The van der Waals surface area contributed by atoms with Crippen molar-refractivity contribution in [2.24, 2.45) is 5.41 Å². The van der Waals surface area contributed by atoms with Crippen molar-refractivity contribution in [1.82, 2.24) is 10.2 Å². The van der Waals surface area contributed by atoms with Gasteiger partial charge in [0.2, 0.25) is 11.8 Å². The second-order valence-corrected chi connectivity index (χ2v) is 10.4. The van der Waals surface area contributed by atoms with E-state index in [1.54, 1.807) is 20.3 Å². The molecule has 3 aliphatic heterocycles. The van der Waals surface area contributed by atoms with Gasteiger partial charge in [-0.15, -0.1) is 0 Å². The third-order valence-corrected chi connectivity index (χ3v) is 8.41. The van der Waals surface area contributed by atoms with E-state index in [4.69, 9.17) is 9.47 Å². The summed E-state index contributed by atoms with van der Waals surface area (Å²) in [6, 6.07) is 22.4. The van der Waals surface area contributed by atoms with Crippen molar-refractivity contribution >= 4 is 29.2 Å². The summed E-state index contributed by atoms with van der Waals surface area (Å²) in [5, 5.41) is 2.55. The molecule has 206 valence electrons. The van der Waals surface area contributed by atoms with Gasteiger partial charge in [-0.05, 0) is 54.3 Å². The lowest BCUT2D eigenvalue weighted by molar-refractivity contribution is -0.153. The number of anilines is 2. The van der Waals surface area contributed by atoms with Gasteiger partial charge in [-0.3, -0.25) is 19.8 Å². The normalized spacial score (nSPS) is 22.1. The molecule has 2 fully saturated rings. The average Bonchev–Trinajstić information content (AvgIpc) is 2.99. The number of hydrogen-bond donors (Lipinski definition) is 1. The van der Waals surface area contributed by atoms with E-state index in [2.05, 4.69) is 21.2 Å². The molecule has 6 rings (SSSR count). The standard InChI is InChI=1S/C31H32N4O5/c1-39-25-13-12-21(18-26(25)40-2)14-15-35-29(37)31(28(36)32-30(35)38)19-22-8-6-7-11-24(22)34-17-16-33(20-27(31)34)23-9-4-3-5-10-23/h3-13,18,27H,14-17,19-20H2,1-2H3,(H,32,36,38). The van der Waals surface area contributed by atoms with E-state index in [9.17, 15) is 14.4 Å². The number of ether oxygens (including phenoxy) is 2. The fourth-order valence-electron chi connectivity index (χ4n) is 6.36. The van der Waals surface area contributed by atoms with Crippen LogP contribution < -0.4 is 24.6 Å². The predicted octanol–water partition coefficient (Wildman–Crippen LogP) is 3.26. The van der Waals surface area contributed by atoms with Gasteiger partial charge >= 0.3 is 6.03 Å². The Bertz CT molecular complexity index is 1460. The maximum absolute atomic E-state index is 14.4. The number of barbiturate groups is 1. The maximum Gasteiger partial charge on any atom is 0.330 e. The number of rotatable bonds is 6. The first-order valence-electron chi connectivity index (χ1n) is 13.5. The lowest BCUT2D eigenvalue weighted by Gasteiger charge is -2.55. The molecule has 0 aliphatic carbocycles. The first-order valence-corrected chi connectivity index (χ1v) is 13.5. The van der Waals surface area contributed by atoms with Gasteiger partial charge in [0, 0.05) is 37.6 Å². The van der Waals surface area contributed by atoms with Crippen LogP contribution in [0.1, 0.15) is 11.1 Å². The van der Waals surface area contributed by atoms with Crippen LogP contribution in [0.15, 0.2) is 72.8 Å². The van der Waals surface area contributed by atoms with Crippen molar-refractivity contribution in [1.29, 1.82) is 0 Å². The largest absolute Gasteiger partial charge is 0.493 e. The van der Waals surface area contributed by atoms with E-state index in [-0.39, 0.29) is 13.0 Å². The molecular formula is C31H32N4O5. The van der Waals surface area contributed by atoms with Gasteiger partial charge in [-0.25, -0.2) is 4.79 Å². The molecule has 0 saturated carbocycles. The van der Waals surface area contributed by atoms with Gasteiger partial charge in [-0.1, -0.05) is 42.5 Å². The number of para-hydroxylation sites is 2. The maximum atomic E-state index is 14.4. The number of piperazine rings is 1. The molecule has 40 heavy (non-hydrogen) atoms. The second kappa shape index (κ2) is 10.2. The molecule has 2 saturated heterocycles. The van der Waals surface area contributed by atoms with E-state index >= 15 is 0 Å². The highest BCUT2D eigenvalue weighted by atomic mass is 16.5. The van der Waals surface area contributed by atoms with Crippen LogP contribution in [0, 0.1) is 5.41 Å². The first kappa shape index (κ1) is 25.7. The molecule has 3 aliphatic rings. The molecule has 2 atom stereocenters. The summed E-state index contributed by atoms with van der Waals surface area (Å²) in [7, 11) is 3.13. The number of carbonyl (C=O) groups is 3. The average molecular weight is 541 g/mol. The highest BCUT2D eigenvalue weighted by Crippen LogP contribution is 2.46. The van der Waals surface area contributed by atoms with Crippen LogP contribution in [0.2, 0.25) is 0 Å². The molecule has 1 spiro atoms. The summed E-state index contributed by atoms with van der Waals surface area (Å²) in [6.45, 7) is 2.02. The van der Waals surface area contributed by atoms with Crippen LogP contribution in [0.3, 0.4) is 0 Å². The van der Waals surface area contributed by atoms with Crippen molar-refractivity contribution in [3.8, 4) is 11.5 Å². The number of methoxy groups -OCH3 is 2. The Hall–Kier alpha value is -4.53. The van der Waals surface area contributed by atoms with Gasteiger partial charge in [0.1, 0.15) is 0 Å². The molecule has 3 aromatic carbocycles. The van der Waals surface area contributed by atoms with Crippen molar-refractivity contribution < 1.29 is 23.9 Å². The molecule has 4 amide bonds. The van der Waals surface area contributed by atoms with Crippen molar-refractivity contribution in [3.63, 3.8) is 0 Å². The Balaban J connectivity index is 1.35. The lowest BCUT2D eigenvalue weighted by atomic mass is 9.67. The number of amides is 4. The molecule has 0 aromatic heterocycles. The van der Waals surface area contributed by atoms with Gasteiger partial charge in [0.15, 0.2) is 16.9 Å². The Morgan fingerprint density at radius 2 is 1.65 bits per heavy atom. The Morgan fingerprint density at radius 1 is 0.900 bits per heavy atom. The summed E-state index contributed by atoms with van der Waals surface area (Å²) < 4.78 is 10.7. The number of benzene rings is 3. The molecule has 9 nitrogen and oxygen atoms in total. The molecule has 3 heterocycles. The summed E-state index contributed by atoms with van der Waals surface area (Å²) in [6.07, 6.45) is 0.642. The third kappa shape index (κ3) is 4.13. The number of imide groups is 2. The monoisotopic (exact) mass is 540 g/mol. The highest BCUT2D eigenvalue weighted by Gasteiger charge is 2.62. The van der Waals surface area contributed by atoms with Crippen LogP contribution in [0.25, 0.3) is 0 Å². The summed E-state index contributed by atoms with van der Waals surface area (Å²) in [4.78, 5) is 47.0. The fraction of sp³-hybridized carbons (Fsp3) is 0.323. The zero-order valence-electron chi connectivity index (χ0n) is 22.6. The van der Waals surface area contributed by atoms with E-state index in [1.807, 2.05) is 60.7 Å². The van der Waals surface area contributed by atoms with E-state index in [0.29, 0.717) is 31.0 Å². The van der Waals surface area contributed by atoms with Crippen LogP contribution in [0.4, 0.5) is 16.2 Å². The van der Waals surface area contributed by atoms with Crippen molar-refractivity contribution in [3.05, 3.63) is 83.9 Å². The first-order chi connectivity index (χ1) is 19.5. The number of urea groups is 1. The smallest absolute Gasteiger partial charge is 0.330 e. The molecule has 0 radical (unpaired) electrons. The Kier molecular flexibility index (Phi) is 6.57. The molecular weight excluding hydrogens is 508 g/mol. The number of hydrogen-bond acceptors (Lipinski definition) is 7.